The molecule has 0 saturated carbocycles. The first-order valence-electron chi connectivity index (χ1n) is 10.3. The van der Waals surface area contributed by atoms with Crippen LogP contribution in [-0.2, 0) is 0 Å². The van der Waals surface area contributed by atoms with Crippen molar-refractivity contribution in [1.82, 2.24) is 19.7 Å². The standard InChI is InChI=1S/C26H21N5O/c1-19-24(18-31(30-19)21-8-4-2-5-9-21)25-16-17-27-26(29-25)28-20-12-14-23(15-13-20)32-22-10-6-3-7-11-22/h2-18H,1H3,(H,27,28,29). The Kier molecular flexibility index (Phi) is 5.32. The van der Waals surface area contributed by atoms with Gasteiger partial charge in [-0.15, -0.1) is 0 Å². The number of rotatable bonds is 6. The van der Waals surface area contributed by atoms with E-state index >= 15 is 0 Å². The largest absolute Gasteiger partial charge is 0.457 e. The van der Waals surface area contributed by atoms with Crippen LogP contribution in [0.15, 0.2) is 103 Å². The van der Waals surface area contributed by atoms with Crippen molar-refractivity contribution in [3.8, 4) is 28.4 Å². The molecule has 156 valence electrons. The van der Waals surface area contributed by atoms with Crippen LogP contribution in [0.2, 0.25) is 0 Å². The molecular weight excluding hydrogens is 398 g/mol. The lowest BCUT2D eigenvalue weighted by molar-refractivity contribution is 0.483. The molecule has 5 aromatic rings. The smallest absolute Gasteiger partial charge is 0.227 e. The van der Waals surface area contributed by atoms with Gasteiger partial charge in [-0.05, 0) is 61.5 Å². The fourth-order valence-corrected chi connectivity index (χ4v) is 3.35. The Labute approximate surface area is 186 Å². The minimum Gasteiger partial charge on any atom is -0.457 e. The maximum Gasteiger partial charge on any atom is 0.227 e. The average molecular weight is 419 g/mol. The van der Waals surface area contributed by atoms with Crippen molar-refractivity contribution in [3.05, 3.63) is 109 Å². The summed E-state index contributed by atoms with van der Waals surface area (Å²) in [4.78, 5) is 9.05. The molecule has 0 saturated heterocycles. The van der Waals surface area contributed by atoms with Crippen LogP contribution < -0.4 is 10.1 Å². The van der Waals surface area contributed by atoms with E-state index in [-0.39, 0.29) is 0 Å². The Balaban J connectivity index is 1.33. The molecule has 0 radical (unpaired) electrons. The molecular formula is C26H21N5O. The molecule has 0 aliphatic heterocycles. The van der Waals surface area contributed by atoms with Crippen molar-refractivity contribution < 1.29 is 4.74 Å². The fraction of sp³-hybridized carbons (Fsp3) is 0.0385. The highest BCUT2D eigenvalue weighted by molar-refractivity contribution is 5.64. The molecule has 32 heavy (non-hydrogen) atoms. The van der Waals surface area contributed by atoms with Crippen LogP contribution >= 0.6 is 0 Å². The molecule has 2 aromatic heterocycles. The summed E-state index contributed by atoms with van der Waals surface area (Å²) < 4.78 is 7.71. The van der Waals surface area contributed by atoms with Crippen LogP contribution in [-0.4, -0.2) is 19.7 Å². The van der Waals surface area contributed by atoms with Gasteiger partial charge in [-0.3, -0.25) is 0 Å². The van der Waals surface area contributed by atoms with E-state index in [9.17, 15) is 0 Å². The molecule has 0 spiro atoms. The Morgan fingerprint density at radius 3 is 2.22 bits per heavy atom. The van der Waals surface area contributed by atoms with E-state index in [2.05, 4.69) is 20.4 Å². The van der Waals surface area contributed by atoms with Gasteiger partial charge in [-0.1, -0.05) is 36.4 Å². The molecule has 0 amide bonds. The van der Waals surface area contributed by atoms with E-state index in [1.807, 2.05) is 109 Å². The van der Waals surface area contributed by atoms with Gasteiger partial charge in [0.25, 0.3) is 0 Å². The zero-order chi connectivity index (χ0) is 21.8. The van der Waals surface area contributed by atoms with Gasteiger partial charge in [0.05, 0.1) is 17.1 Å². The van der Waals surface area contributed by atoms with Crippen molar-refractivity contribution in [3.63, 3.8) is 0 Å². The van der Waals surface area contributed by atoms with Gasteiger partial charge in [0.15, 0.2) is 0 Å². The van der Waals surface area contributed by atoms with Crippen LogP contribution in [0.4, 0.5) is 11.6 Å². The first-order valence-corrected chi connectivity index (χ1v) is 10.3. The lowest BCUT2D eigenvalue weighted by Gasteiger charge is -2.08. The van der Waals surface area contributed by atoms with Crippen LogP contribution in [0.25, 0.3) is 16.9 Å². The third kappa shape index (κ3) is 4.34. The minimum atomic E-state index is 0.520. The highest BCUT2D eigenvalue weighted by atomic mass is 16.5. The van der Waals surface area contributed by atoms with Gasteiger partial charge >= 0.3 is 0 Å². The number of para-hydroxylation sites is 2. The van der Waals surface area contributed by atoms with Crippen molar-refractivity contribution in [2.75, 3.05) is 5.32 Å². The van der Waals surface area contributed by atoms with Gasteiger partial charge in [0, 0.05) is 23.6 Å². The molecule has 6 nitrogen and oxygen atoms in total. The predicted octanol–water partition coefficient (Wildman–Crippen LogP) is 6.17. The molecule has 0 aliphatic rings. The molecule has 0 atom stereocenters. The molecule has 3 aromatic carbocycles. The van der Waals surface area contributed by atoms with Crippen molar-refractivity contribution in [1.29, 1.82) is 0 Å². The number of benzene rings is 3. The second-order valence-electron chi connectivity index (χ2n) is 7.24. The molecule has 0 unspecified atom stereocenters. The summed E-state index contributed by atoms with van der Waals surface area (Å²) in [6, 6.07) is 29.3. The Morgan fingerprint density at radius 2 is 1.47 bits per heavy atom. The molecule has 5 rings (SSSR count). The second-order valence-corrected chi connectivity index (χ2v) is 7.24. The molecule has 0 aliphatic carbocycles. The van der Waals surface area contributed by atoms with E-state index in [1.165, 1.54) is 0 Å². The summed E-state index contributed by atoms with van der Waals surface area (Å²) in [6.07, 6.45) is 3.74. The number of nitrogens with one attached hydrogen (secondary N) is 1. The fourth-order valence-electron chi connectivity index (χ4n) is 3.35. The summed E-state index contributed by atoms with van der Waals surface area (Å²) in [7, 11) is 0. The Hall–Kier alpha value is -4.45. The number of nitrogens with zero attached hydrogens (tertiary/aromatic N) is 4. The van der Waals surface area contributed by atoms with E-state index in [0.717, 1.165) is 39.8 Å². The van der Waals surface area contributed by atoms with Crippen molar-refractivity contribution >= 4 is 11.6 Å². The van der Waals surface area contributed by atoms with Crippen LogP contribution in [0.1, 0.15) is 5.69 Å². The quantitative estimate of drug-likeness (QED) is 0.356. The van der Waals surface area contributed by atoms with Crippen molar-refractivity contribution in [2.24, 2.45) is 0 Å². The van der Waals surface area contributed by atoms with E-state index in [4.69, 9.17) is 4.74 Å². The van der Waals surface area contributed by atoms with Gasteiger partial charge in [-0.25, -0.2) is 14.6 Å². The summed E-state index contributed by atoms with van der Waals surface area (Å²) in [5.74, 6) is 2.09. The summed E-state index contributed by atoms with van der Waals surface area (Å²) in [5.41, 5.74) is 4.56. The lowest BCUT2D eigenvalue weighted by atomic mass is 10.2. The molecule has 0 bridgehead atoms. The van der Waals surface area contributed by atoms with Gasteiger partial charge in [0.1, 0.15) is 11.5 Å². The highest BCUT2D eigenvalue weighted by Gasteiger charge is 2.11. The predicted molar refractivity (Wildman–Crippen MR) is 126 cm³/mol. The lowest BCUT2D eigenvalue weighted by Crippen LogP contribution is -1.98. The SMILES string of the molecule is Cc1nn(-c2ccccc2)cc1-c1ccnc(Nc2ccc(Oc3ccccc3)cc2)n1. The second kappa shape index (κ2) is 8.73. The number of aryl methyl sites for hydroxylation is 1. The first kappa shape index (κ1) is 19.5. The summed E-state index contributed by atoms with van der Waals surface area (Å²) in [5, 5.41) is 7.90. The van der Waals surface area contributed by atoms with E-state index in [0.29, 0.717) is 5.95 Å². The monoisotopic (exact) mass is 419 g/mol. The van der Waals surface area contributed by atoms with E-state index < -0.39 is 0 Å². The number of aromatic nitrogens is 4. The van der Waals surface area contributed by atoms with E-state index in [1.54, 1.807) is 6.20 Å². The zero-order valence-electron chi connectivity index (χ0n) is 17.5. The van der Waals surface area contributed by atoms with Crippen molar-refractivity contribution in [2.45, 2.75) is 6.92 Å². The topological polar surface area (TPSA) is 64.9 Å². The number of hydrogen-bond donors (Lipinski definition) is 1. The molecule has 6 heteroatoms. The van der Waals surface area contributed by atoms with Crippen LogP contribution in [0.3, 0.4) is 0 Å². The molecule has 2 heterocycles. The van der Waals surface area contributed by atoms with Crippen LogP contribution in [0.5, 0.6) is 11.5 Å². The number of ether oxygens (including phenoxy) is 1. The third-order valence-corrected chi connectivity index (χ3v) is 4.94. The maximum atomic E-state index is 5.84. The number of anilines is 2. The van der Waals surface area contributed by atoms with Gasteiger partial charge < -0.3 is 10.1 Å². The maximum absolute atomic E-state index is 5.84. The first-order chi connectivity index (χ1) is 15.7. The summed E-state index contributed by atoms with van der Waals surface area (Å²) >= 11 is 0. The highest BCUT2D eigenvalue weighted by Crippen LogP contribution is 2.26. The Morgan fingerprint density at radius 1 is 0.781 bits per heavy atom. The number of hydrogen-bond acceptors (Lipinski definition) is 5. The molecule has 0 fully saturated rings. The average Bonchev–Trinajstić information content (AvgIpc) is 3.23. The van der Waals surface area contributed by atoms with Crippen LogP contribution in [0, 0.1) is 6.92 Å². The zero-order valence-corrected chi connectivity index (χ0v) is 17.5. The minimum absolute atomic E-state index is 0.520. The van der Waals surface area contributed by atoms with Gasteiger partial charge in [0.2, 0.25) is 5.95 Å². The normalized spacial score (nSPS) is 10.7. The Bertz CT molecular complexity index is 1320. The molecule has 1 N–H and O–H groups in total. The third-order valence-electron chi connectivity index (χ3n) is 4.94. The summed E-state index contributed by atoms with van der Waals surface area (Å²) in [6.45, 7) is 1.98. The van der Waals surface area contributed by atoms with Gasteiger partial charge in [-0.2, -0.15) is 5.10 Å².